The molecule has 2 heterocycles. The van der Waals surface area contributed by atoms with E-state index in [-0.39, 0.29) is 5.91 Å². The summed E-state index contributed by atoms with van der Waals surface area (Å²) in [6.07, 6.45) is 3.69. The highest BCUT2D eigenvalue weighted by Crippen LogP contribution is 2.13. The SMILES string of the molecule is COc1ccc(C(=O)NCc2cn3ccc(Cl)cc3n2)cc1. The van der Waals surface area contributed by atoms with E-state index in [1.807, 2.05) is 16.8 Å². The maximum Gasteiger partial charge on any atom is 0.251 e. The summed E-state index contributed by atoms with van der Waals surface area (Å²) in [4.78, 5) is 16.5. The molecule has 3 aromatic rings. The van der Waals surface area contributed by atoms with E-state index in [1.165, 1.54) is 0 Å². The maximum atomic E-state index is 12.1. The average molecular weight is 316 g/mol. The van der Waals surface area contributed by atoms with Gasteiger partial charge in [-0.1, -0.05) is 11.6 Å². The molecule has 0 saturated carbocycles. The van der Waals surface area contributed by atoms with Crippen LogP contribution in [0.3, 0.4) is 0 Å². The van der Waals surface area contributed by atoms with E-state index in [0.29, 0.717) is 22.9 Å². The molecule has 1 aromatic carbocycles. The van der Waals surface area contributed by atoms with Gasteiger partial charge in [-0.05, 0) is 36.4 Å². The largest absolute Gasteiger partial charge is 0.497 e. The molecule has 6 heteroatoms. The van der Waals surface area contributed by atoms with Gasteiger partial charge in [0.15, 0.2) is 0 Å². The van der Waals surface area contributed by atoms with Gasteiger partial charge in [-0.3, -0.25) is 4.79 Å². The fourth-order valence-corrected chi connectivity index (χ4v) is 2.26. The van der Waals surface area contributed by atoms with Gasteiger partial charge in [-0.15, -0.1) is 0 Å². The van der Waals surface area contributed by atoms with Crippen LogP contribution in [0.2, 0.25) is 5.02 Å². The van der Waals surface area contributed by atoms with Crippen molar-refractivity contribution in [1.82, 2.24) is 14.7 Å². The maximum absolute atomic E-state index is 12.1. The number of halogens is 1. The van der Waals surface area contributed by atoms with E-state index in [1.54, 1.807) is 43.5 Å². The smallest absolute Gasteiger partial charge is 0.251 e. The molecule has 0 fully saturated rings. The first kappa shape index (κ1) is 14.4. The number of aromatic nitrogens is 2. The van der Waals surface area contributed by atoms with Gasteiger partial charge in [0.25, 0.3) is 5.91 Å². The Morgan fingerprint density at radius 2 is 2.09 bits per heavy atom. The first-order valence-corrected chi connectivity index (χ1v) is 7.09. The molecular weight excluding hydrogens is 302 g/mol. The van der Waals surface area contributed by atoms with E-state index >= 15 is 0 Å². The predicted octanol–water partition coefficient (Wildman–Crippen LogP) is 2.93. The molecule has 1 N–H and O–H groups in total. The number of rotatable bonds is 4. The van der Waals surface area contributed by atoms with Crippen molar-refractivity contribution in [3.8, 4) is 5.75 Å². The van der Waals surface area contributed by atoms with Crippen molar-refractivity contribution in [1.29, 1.82) is 0 Å². The van der Waals surface area contributed by atoms with E-state index in [4.69, 9.17) is 16.3 Å². The summed E-state index contributed by atoms with van der Waals surface area (Å²) in [7, 11) is 1.59. The first-order chi connectivity index (χ1) is 10.7. The molecule has 1 amide bonds. The number of pyridine rings is 1. The molecule has 0 bridgehead atoms. The lowest BCUT2D eigenvalue weighted by atomic mass is 10.2. The molecule has 0 saturated heterocycles. The molecule has 5 nitrogen and oxygen atoms in total. The number of amides is 1. The molecule has 0 aliphatic heterocycles. The van der Waals surface area contributed by atoms with E-state index in [0.717, 1.165) is 11.3 Å². The number of fused-ring (bicyclic) bond motifs is 1. The first-order valence-electron chi connectivity index (χ1n) is 6.71. The fourth-order valence-electron chi connectivity index (χ4n) is 2.11. The van der Waals surface area contributed by atoms with Gasteiger partial charge < -0.3 is 14.5 Å². The highest BCUT2D eigenvalue weighted by atomic mass is 35.5. The Kier molecular flexibility index (Phi) is 3.98. The van der Waals surface area contributed by atoms with Crippen molar-refractivity contribution in [2.45, 2.75) is 6.54 Å². The van der Waals surface area contributed by atoms with Crippen molar-refractivity contribution >= 4 is 23.2 Å². The zero-order valence-corrected chi connectivity index (χ0v) is 12.7. The third kappa shape index (κ3) is 3.04. The van der Waals surface area contributed by atoms with Crippen LogP contribution in [0, 0.1) is 0 Å². The number of imidazole rings is 1. The normalized spacial score (nSPS) is 10.6. The number of carbonyl (C=O) groups excluding carboxylic acids is 1. The van der Waals surface area contributed by atoms with Crippen LogP contribution in [-0.2, 0) is 6.54 Å². The van der Waals surface area contributed by atoms with E-state index < -0.39 is 0 Å². The van der Waals surface area contributed by atoms with Crippen LogP contribution in [0.25, 0.3) is 5.65 Å². The molecule has 0 unspecified atom stereocenters. The van der Waals surface area contributed by atoms with Gasteiger partial charge in [0.1, 0.15) is 11.4 Å². The Bertz CT molecular complexity index is 812. The second-order valence-corrected chi connectivity index (χ2v) is 5.19. The lowest BCUT2D eigenvalue weighted by Crippen LogP contribution is -2.22. The Labute approximate surface area is 132 Å². The molecule has 0 atom stereocenters. The van der Waals surface area contributed by atoms with Gasteiger partial charge in [0, 0.05) is 23.0 Å². The van der Waals surface area contributed by atoms with Gasteiger partial charge >= 0.3 is 0 Å². The van der Waals surface area contributed by atoms with Crippen molar-refractivity contribution in [3.63, 3.8) is 0 Å². The number of nitrogens with zero attached hydrogens (tertiary/aromatic N) is 2. The van der Waals surface area contributed by atoms with Gasteiger partial charge in [-0.2, -0.15) is 0 Å². The average Bonchev–Trinajstić information content (AvgIpc) is 2.94. The molecule has 0 spiro atoms. The lowest BCUT2D eigenvalue weighted by Gasteiger charge is -2.04. The van der Waals surface area contributed by atoms with E-state index in [9.17, 15) is 4.79 Å². The Balaban J connectivity index is 1.68. The molecule has 0 aliphatic rings. The molecular formula is C16H14ClN3O2. The molecule has 22 heavy (non-hydrogen) atoms. The molecule has 112 valence electrons. The minimum absolute atomic E-state index is 0.155. The van der Waals surface area contributed by atoms with Gasteiger partial charge in [-0.25, -0.2) is 4.98 Å². The predicted molar refractivity (Wildman–Crippen MR) is 84.4 cm³/mol. The van der Waals surface area contributed by atoms with Crippen molar-refractivity contribution in [2.24, 2.45) is 0 Å². The van der Waals surface area contributed by atoms with Crippen molar-refractivity contribution < 1.29 is 9.53 Å². The van der Waals surface area contributed by atoms with Crippen LogP contribution in [0.4, 0.5) is 0 Å². The number of methoxy groups -OCH3 is 1. The van der Waals surface area contributed by atoms with E-state index in [2.05, 4.69) is 10.3 Å². The summed E-state index contributed by atoms with van der Waals surface area (Å²) in [5.74, 6) is 0.562. The topological polar surface area (TPSA) is 55.6 Å². The van der Waals surface area contributed by atoms with Crippen LogP contribution in [0.15, 0.2) is 48.8 Å². The quantitative estimate of drug-likeness (QED) is 0.805. The summed E-state index contributed by atoms with van der Waals surface area (Å²) in [5.41, 5.74) is 2.10. The summed E-state index contributed by atoms with van der Waals surface area (Å²) in [6.45, 7) is 0.351. The highest BCUT2D eigenvalue weighted by Gasteiger charge is 2.07. The Morgan fingerprint density at radius 1 is 1.32 bits per heavy atom. The zero-order chi connectivity index (χ0) is 15.5. The lowest BCUT2D eigenvalue weighted by molar-refractivity contribution is 0.0950. The number of benzene rings is 1. The van der Waals surface area contributed by atoms with Crippen molar-refractivity contribution in [3.05, 3.63) is 65.1 Å². The summed E-state index contributed by atoms with van der Waals surface area (Å²) in [6, 6.07) is 10.5. The number of hydrogen-bond donors (Lipinski definition) is 1. The second-order valence-electron chi connectivity index (χ2n) is 4.75. The summed E-state index contributed by atoms with van der Waals surface area (Å²) < 4.78 is 6.93. The fraction of sp³-hybridized carbons (Fsp3) is 0.125. The van der Waals surface area contributed by atoms with Gasteiger partial charge in [0.2, 0.25) is 0 Å². The number of nitrogens with one attached hydrogen (secondary N) is 1. The Hall–Kier alpha value is -2.53. The third-order valence-electron chi connectivity index (χ3n) is 3.25. The Morgan fingerprint density at radius 3 is 2.82 bits per heavy atom. The number of carbonyl (C=O) groups is 1. The van der Waals surface area contributed by atoms with Crippen LogP contribution in [-0.4, -0.2) is 22.4 Å². The molecule has 0 aliphatic carbocycles. The minimum Gasteiger partial charge on any atom is -0.497 e. The van der Waals surface area contributed by atoms with Crippen LogP contribution >= 0.6 is 11.6 Å². The van der Waals surface area contributed by atoms with Crippen molar-refractivity contribution in [2.75, 3.05) is 7.11 Å². The number of hydrogen-bond acceptors (Lipinski definition) is 3. The minimum atomic E-state index is -0.155. The zero-order valence-electron chi connectivity index (χ0n) is 11.9. The summed E-state index contributed by atoms with van der Waals surface area (Å²) in [5, 5.41) is 3.47. The highest BCUT2D eigenvalue weighted by molar-refractivity contribution is 6.30. The second kappa shape index (κ2) is 6.07. The molecule has 2 aromatic heterocycles. The molecule has 3 rings (SSSR count). The van der Waals surface area contributed by atoms with Crippen LogP contribution in [0.1, 0.15) is 16.1 Å². The monoisotopic (exact) mass is 315 g/mol. The summed E-state index contributed by atoms with van der Waals surface area (Å²) >= 11 is 5.93. The van der Waals surface area contributed by atoms with Gasteiger partial charge in [0.05, 0.1) is 19.3 Å². The van der Waals surface area contributed by atoms with Crippen LogP contribution < -0.4 is 10.1 Å². The third-order valence-corrected chi connectivity index (χ3v) is 3.49. The van der Waals surface area contributed by atoms with Crippen LogP contribution in [0.5, 0.6) is 5.75 Å². The molecule has 0 radical (unpaired) electrons. The number of ether oxygens (including phenoxy) is 1. The standard InChI is InChI=1S/C16H14ClN3O2/c1-22-14-4-2-11(3-5-14)16(21)18-9-13-10-20-7-6-12(17)8-15(20)19-13/h2-8,10H,9H2,1H3,(H,18,21).